The number of unbranched alkanes of at least 4 members (excludes halogenated alkanes) is 3. The molecular formula is C29H36N2O4. The van der Waals surface area contributed by atoms with E-state index in [1.54, 1.807) is 12.4 Å². The molecule has 0 aliphatic carbocycles. The van der Waals surface area contributed by atoms with Gasteiger partial charge in [0, 0.05) is 12.8 Å². The Morgan fingerprint density at radius 3 is 2.31 bits per heavy atom. The maximum Gasteiger partial charge on any atom is 0.308 e. The zero-order valence-corrected chi connectivity index (χ0v) is 21.0. The number of esters is 1. The van der Waals surface area contributed by atoms with Gasteiger partial charge in [0.25, 0.3) is 0 Å². The molecule has 0 bridgehead atoms. The second kappa shape index (κ2) is 14.1. The predicted octanol–water partition coefficient (Wildman–Crippen LogP) is 7.23. The van der Waals surface area contributed by atoms with Gasteiger partial charge in [0.15, 0.2) is 11.6 Å². The lowest BCUT2D eigenvalue weighted by atomic mass is 9.98. The van der Waals surface area contributed by atoms with Crippen molar-refractivity contribution >= 4 is 5.97 Å². The number of ether oxygens (including phenoxy) is 3. The van der Waals surface area contributed by atoms with E-state index in [4.69, 9.17) is 14.2 Å². The summed E-state index contributed by atoms with van der Waals surface area (Å²) in [7, 11) is 0. The molecule has 6 heteroatoms. The quantitative estimate of drug-likeness (QED) is 0.139. The van der Waals surface area contributed by atoms with Gasteiger partial charge >= 0.3 is 5.97 Å². The highest BCUT2D eigenvalue weighted by Crippen LogP contribution is 2.38. The topological polar surface area (TPSA) is 70.5 Å². The van der Waals surface area contributed by atoms with Gasteiger partial charge in [0.2, 0.25) is 6.29 Å². The molecule has 2 aromatic carbocycles. The molecule has 0 radical (unpaired) electrons. The third-order valence-electron chi connectivity index (χ3n) is 5.57. The van der Waals surface area contributed by atoms with E-state index in [-0.39, 0.29) is 5.97 Å². The monoisotopic (exact) mass is 476 g/mol. The first-order valence-electron chi connectivity index (χ1n) is 12.7. The number of benzene rings is 2. The standard InChI is InChI=1S/C29H36N2O4/c1-4-7-12-19-33-25-17-13-16-24(22-14-10-9-11-15-22)28(25)29-30-20-23(21-31-29)34-27(6-3)35-26(32)18-8-5-2/h9-11,13-17,20-21,27H,4-8,12,18-19H2,1-3H3/t27-/m1/s1. The third-order valence-corrected chi connectivity index (χ3v) is 5.57. The lowest BCUT2D eigenvalue weighted by Gasteiger charge is -2.18. The largest absolute Gasteiger partial charge is 0.493 e. The molecule has 0 saturated heterocycles. The van der Waals surface area contributed by atoms with E-state index in [1.807, 2.05) is 44.2 Å². The van der Waals surface area contributed by atoms with Crippen LogP contribution in [-0.2, 0) is 9.53 Å². The molecule has 0 fully saturated rings. The average molecular weight is 477 g/mol. The fraction of sp³-hybridized carbons (Fsp3) is 0.414. The van der Waals surface area contributed by atoms with E-state index >= 15 is 0 Å². The van der Waals surface area contributed by atoms with E-state index in [9.17, 15) is 4.79 Å². The average Bonchev–Trinajstić information content (AvgIpc) is 2.90. The molecule has 1 heterocycles. The smallest absolute Gasteiger partial charge is 0.308 e. The zero-order chi connectivity index (χ0) is 24.9. The molecule has 1 aromatic heterocycles. The molecule has 1 atom stereocenters. The Kier molecular flexibility index (Phi) is 10.6. The van der Waals surface area contributed by atoms with Crippen molar-refractivity contribution in [2.45, 2.75) is 72.0 Å². The van der Waals surface area contributed by atoms with Crippen LogP contribution in [0.25, 0.3) is 22.5 Å². The molecule has 0 saturated carbocycles. The van der Waals surface area contributed by atoms with Crippen LogP contribution in [0.3, 0.4) is 0 Å². The first kappa shape index (κ1) is 26.2. The van der Waals surface area contributed by atoms with E-state index in [0.717, 1.165) is 54.5 Å². The van der Waals surface area contributed by atoms with Crippen LogP contribution >= 0.6 is 0 Å². The Bertz CT molecular complexity index is 1040. The lowest BCUT2D eigenvalue weighted by molar-refractivity contribution is -0.164. The fourth-order valence-corrected chi connectivity index (χ4v) is 3.65. The van der Waals surface area contributed by atoms with Crippen molar-refractivity contribution < 1.29 is 19.0 Å². The van der Waals surface area contributed by atoms with Crippen LogP contribution in [0.1, 0.15) is 65.7 Å². The SMILES string of the molecule is CCCCCOc1cccc(-c2ccccc2)c1-c1ncc(O[C@@H](CC)OC(=O)CCCC)cn1. The number of carbonyl (C=O) groups excluding carboxylic acids is 1. The molecule has 6 nitrogen and oxygen atoms in total. The summed E-state index contributed by atoms with van der Waals surface area (Å²) >= 11 is 0. The zero-order valence-electron chi connectivity index (χ0n) is 21.0. The number of aromatic nitrogens is 2. The Labute approximate surface area is 208 Å². The highest BCUT2D eigenvalue weighted by molar-refractivity contribution is 5.84. The van der Waals surface area contributed by atoms with Crippen LogP contribution in [0.4, 0.5) is 0 Å². The highest BCUT2D eigenvalue weighted by atomic mass is 16.7. The molecule has 0 unspecified atom stereocenters. The molecular weight excluding hydrogens is 440 g/mol. The maximum atomic E-state index is 12.0. The third kappa shape index (κ3) is 7.81. The van der Waals surface area contributed by atoms with E-state index < -0.39 is 6.29 Å². The van der Waals surface area contributed by atoms with Gasteiger partial charge in [-0.05, 0) is 30.0 Å². The summed E-state index contributed by atoms with van der Waals surface area (Å²) in [5.41, 5.74) is 2.92. The lowest BCUT2D eigenvalue weighted by Crippen LogP contribution is -2.23. The van der Waals surface area contributed by atoms with Crippen LogP contribution in [-0.4, -0.2) is 28.8 Å². The summed E-state index contributed by atoms with van der Waals surface area (Å²) < 4.78 is 17.5. The minimum absolute atomic E-state index is 0.252. The molecule has 0 spiro atoms. The minimum Gasteiger partial charge on any atom is -0.493 e. The minimum atomic E-state index is -0.664. The van der Waals surface area contributed by atoms with Gasteiger partial charge in [-0.2, -0.15) is 0 Å². The van der Waals surface area contributed by atoms with E-state index in [1.165, 1.54) is 0 Å². The number of nitrogens with zero attached hydrogens (tertiary/aromatic N) is 2. The summed E-state index contributed by atoms with van der Waals surface area (Å²) in [5, 5.41) is 0. The van der Waals surface area contributed by atoms with Crippen molar-refractivity contribution in [3.05, 3.63) is 60.9 Å². The normalized spacial score (nSPS) is 11.6. The Balaban J connectivity index is 1.84. The van der Waals surface area contributed by atoms with Crippen molar-refractivity contribution in [1.82, 2.24) is 9.97 Å². The molecule has 0 amide bonds. The van der Waals surface area contributed by atoms with Crippen LogP contribution in [0.15, 0.2) is 60.9 Å². The van der Waals surface area contributed by atoms with Gasteiger partial charge in [-0.1, -0.05) is 82.5 Å². The maximum absolute atomic E-state index is 12.0. The summed E-state index contributed by atoms with van der Waals surface area (Å²) in [6, 6.07) is 16.2. The van der Waals surface area contributed by atoms with Gasteiger partial charge in [-0.25, -0.2) is 9.97 Å². The molecule has 0 aliphatic heterocycles. The van der Waals surface area contributed by atoms with Crippen molar-refractivity contribution in [3.63, 3.8) is 0 Å². The second-order valence-corrected chi connectivity index (χ2v) is 8.39. The van der Waals surface area contributed by atoms with Gasteiger partial charge in [0.1, 0.15) is 5.75 Å². The van der Waals surface area contributed by atoms with Crippen molar-refractivity contribution in [2.75, 3.05) is 6.61 Å². The van der Waals surface area contributed by atoms with Gasteiger partial charge in [0.05, 0.1) is 24.6 Å². The van der Waals surface area contributed by atoms with Crippen LogP contribution in [0, 0.1) is 0 Å². The molecule has 0 aliphatic rings. The summed E-state index contributed by atoms with van der Waals surface area (Å²) in [4.78, 5) is 21.2. The fourth-order valence-electron chi connectivity index (χ4n) is 3.65. The second-order valence-electron chi connectivity index (χ2n) is 8.39. The number of rotatable bonds is 14. The Morgan fingerprint density at radius 1 is 0.886 bits per heavy atom. The van der Waals surface area contributed by atoms with E-state index in [0.29, 0.717) is 31.0 Å². The Morgan fingerprint density at radius 2 is 1.63 bits per heavy atom. The summed E-state index contributed by atoms with van der Waals surface area (Å²) in [6.07, 6.45) is 8.50. The molecule has 3 aromatic rings. The predicted molar refractivity (Wildman–Crippen MR) is 138 cm³/mol. The van der Waals surface area contributed by atoms with Gasteiger partial charge in [-0.3, -0.25) is 4.79 Å². The van der Waals surface area contributed by atoms with Crippen molar-refractivity contribution in [3.8, 4) is 34.0 Å². The Hall–Kier alpha value is -3.41. The van der Waals surface area contributed by atoms with Gasteiger partial charge in [-0.15, -0.1) is 0 Å². The summed E-state index contributed by atoms with van der Waals surface area (Å²) in [5.74, 6) is 1.51. The number of hydrogen-bond acceptors (Lipinski definition) is 6. The molecule has 35 heavy (non-hydrogen) atoms. The van der Waals surface area contributed by atoms with Crippen molar-refractivity contribution in [1.29, 1.82) is 0 Å². The first-order chi connectivity index (χ1) is 17.2. The van der Waals surface area contributed by atoms with Crippen molar-refractivity contribution in [2.24, 2.45) is 0 Å². The van der Waals surface area contributed by atoms with Crippen LogP contribution in [0.5, 0.6) is 11.5 Å². The number of hydrogen-bond donors (Lipinski definition) is 0. The van der Waals surface area contributed by atoms with Crippen LogP contribution < -0.4 is 9.47 Å². The highest BCUT2D eigenvalue weighted by Gasteiger charge is 2.18. The van der Waals surface area contributed by atoms with Crippen LogP contribution in [0.2, 0.25) is 0 Å². The molecule has 186 valence electrons. The van der Waals surface area contributed by atoms with Gasteiger partial charge < -0.3 is 14.2 Å². The van der Waals surface area contributed by atoms with E-state index in [2.05, 4.69) is 35.1 Å². The summed E-state index contributed by atoms with van der Waals surface area (Å²) in [6.45, 7) is 6.76. The molecule has 3 rings (SSSR count). The molecule has 0 N–H and O–H groups in total. The first-order valence-corrected chi connectivity index (χ1v) is 12.7. The number of carbonyl (C=O) groups is 1.